The molecule has 1 amide bonds. The molecule has 172 valence electrons. The minimum atomic E-state index is 0.105. The van der Waals surface area contributed by atoms with Crippen LogP contribution in [0.3, 0.4) is 0 Å². The Morgan fingerprint density at radius 3 is 3.06 bits per heavy atom. The first-order chi connectivity index (χ1) is 16.2. The Morgan fingerprint density at radius 1 is 1.12 bits per heavy atom. The van der Waals surface area contributed by atoms with E-state index in [-0.39, 0.29) is 11.9 Å². The number of aromatic amines is 1. The van der Waals surface area contributed by atoms with Gasteiger partial charge in [-0.3, -0.25) is 14.8 Å². The molecule has 1 N–H and O–H groups in total. The summed E-state index contributed by atoms with van der Waals surface area (Å²) in [7, 11) is 0. The summed E-state index contributed by atoms with van der Waals surface area (Å²) in [4.78, 5) is 18.6. The van der Waals surface area contributed by atoms with Gasteiger partial charge in [0.15, 0.2) is 0 Å². The molecule has 0 saturated carbocycles. The molecule has 6 heteroatoms. The van der Waals surface area contributed by atoms with Crippen molar-refractivity contribution in [1.82, 2.24) is 20.0 Å². The van der Waals surface area contributed by atoms with Crippen LogP contribution in [0.4, 0.5) is 0 Å². The normalized spacial score (nSPS) is 30.7. The number of nitrogens with zero attached hydrogens (tertiary/aromatic N) is 3. The number of piperidine rings is 3. The number of benzene rings is 1. The second-order valence-corrected chi connectivity index (χ2v) is 10.6. The number of carbonyl (C=O) groups is 1. The average molecular weight is 445 g/mol. The predicted molar refractivity (Wildman–Crippen MR) is 126 cm³/mol. The Hall–Kier alpha value is -2.60. The SMILES string of the molecule is O=C(c1cc(-c2ccc3c(c2)CCO3)n[nH]1)N1CCCC2=C[C@@H]3C[C@@H](CN4CCCC[C@H]34)[C@@H]21. The van der Waals surface area contributed by atoms with E-state index in [1.165, 1.54) is 43.4 Å². The Bertz CT molecular complexity index is 1120. The molecule has 1 aromatic carbocycles. The van der Waals surface area contributed by atoms with E-state index in [0.717, 1.165) is 62.0 Å². The molecular weight excluding hydrogens is 412 g/mol. The Morgan fingerprint density at radius 2 is 2.09 bits per heavy atom. The van der Waals surface area contributed by atoms with E-state index in [0.29, 0.717) is 17.5 Å². The monoisotopic (exact) mass is 444 g/mol. The maximum atomic E-state index is 13.7. The van der Waals surface area contributed by atoms with Gasteiger partial charge in [-0.15, -0.1) is 0 Å². The number of rotatable bonds is 2. The summed E-state index contributed by atoms with van der Waals surface area (Å²) < 4.78 is 5.63. The summed E-state index contributed by atoms with van der Waals surface area (Å²) in [6.07, 6.45) is 11.0. The van der Waals surface area contributed by atoms with Crippen molar-refractivity contribution in [2.24, 2.45) is 11.8 Å². The molecule has 7 rings (SSSR count). The molecular formula is C27H32N4O2. The summed E-state index contributed by atoms with van der Waals surface area (Å²) >= 11 is 0. The molecule has 2 aromatic rings. The van der Waals surface area contributed by atoms with Gasteiger partial charge in [0.25, 0.3) is 5.91 Å². The maximum Gasteiger partial charge on any atom is 0.272 e. The molecule has 0 radical (unpaired) electrons. The number of amides is 1. The van der Waals surface area contributed by atoms with Crippen molar-refractivity contribution in [2.45, 2.75) is 57.0 Å². The van der Waals surface area contributed by atoms with E-state index in [1.807, 2.05) is 18.2 Å². The lowest BCUT2D eigenvalue weighted by Crippen LogP contribution is -2.60. The van der Waals surface area contributed by atoms with E-state index in [9.17, 15) is 4.79 Å². The fraction of sp³-hybridized carbons (Fsp3) is 0.556. The molecule has 1 aromatic heterocycles. The summed E-state index contributed by atoms with van der Waals surface area (Å²) in [5, 5.41) is 7.58. The van der Waals surface area contributed by atoms with Gasteiger partial charge < -0.3 is 9.64 Å². The molecule has 2 bridgehead atoms. The third-order valence-corrected chi connectivity index (χ3v) is 8.71. The Labute approximate surface area is 195 Å². The van der Waals surface area contributed by atoms with Crippen LogP contribution in [-0.4, -0.2) is 64.2 Å². The van der Waals surface area contributed by atoms with Crippen molar-refractivity contribution in [2.75, 3.05) is 26.2 Å². The maximum absolute atomic E-state index is 13.7. The minimum absolute atomic E-state index is 0.105. The third-order valence-electron chi connectivity index (χ3n) is 8.71. The number of hydrogen-bond acceptors (Lipinski definition) is 4. The fourth-order valence-corrected chi connectivity index (χ4v) is 7.28. The Balaban J connectivity index is 1.16. The van der Waals surface area contributed by atoms with Crippen LogP contribution in [0.2, 0.25) is 0 Å². The van der Waals surface area contributed by atoms with E-state index < -0.39 is 0 Å². The van der Waals surface area contributed by atoms with Crippen LogP contribution in [0.5, 0.6) is 5.75 Å². The second kappa shape index (κ2) is 7.73. The van der Waals surface area contributed by atoms with E-state index in [4.69, 9.17) is 4.74 Å². The smallest absolute Gasteiger partial charge is 0.272 e. The Kier molecular flexibility index (Phi) is 4.64. The van der Waals surface area contributed by atoms with Gasteiger partial charge in [-0.05, 0) is 80.3 Å². The predicted octanol–water partition coefficient (Wildman–Crippen LogP) is 4.05. The number of fused-ring (bicyclic) bond motifs is 7. The molecule has 4 aliphatic heterocycles. The van der Waals surface area contributed by atoms with Gasteiger partial charge in [-0.2, -0.15) is 5.10 Å². The number of H-pyrrole nitrogens is 1. The minimum Gasteiger partial charge on any atom is -0.493 e. The van der Waals surface area contributed by atoms with Crippen LogP contribution in [0.1, 0.15) is 54.6 Å². The number of nitrogens with one attached hydrogen (secondary N) is 1. The number of aromatic nitrogens is 2. The zero-order valence-electron chi connectivity index (χ0n) is 19.1. The summed E-state index contributed by atoms with van der Waals surface area (Å²) in [5.74, 6) is 2.32. The molecule has 6 nitrogen and oxygen atoms in total. The van der Waals surface area contributed by atoms with Crippen molar-refractivity contribution in [3.05, 3.63) is 47.2 Å². The van der Waals surface area contributed by atoms with Gasteiger partial charge >= 0.3 is 0 Å². The van der Waals surface area contributed by atoms with Gasteiger partial charge in [0.1, 0.15) is 11.4 Å². The highest BCUT2D eigenvalue weighted by atomic mass is 16.5. The first kappa shape index (κ1) is 19.8. The number of likely N-dealkylation sites (tertiary alicyclic amines) is 1. The van der Waals surface area contributed by atoms with Gasteiger partial charge in [0.05, 0.1) is 18.3 Å². The van der Waals surface area contributed by atoms with Crippen LogP contribution < -0.4 is 4.74 Å². The highest BCUT2D eigenvalue weighted by Crippen LogP contribution is 2.45. The van der Waals surface area contributed by atoms with Crippen LogP contribution in [0, 0.1) is 11.8 Å². The molecule has 3 fully saturated rings. The number of ether oxygens (including phenoxy) is 1. The molecule has 0 unspecified atom stereocenters. The first-order valence-electron chi connectivity index (χ1n) is 12.8. The summed E-state index contributed by atoms with van der Waals surface area (Å²) in [5.41, 5.74) is 5.23. The number of hydrogen-bond donors (Lipinski definition) is 1. The zero-order chi connectivity index (χ0) is 21.9. The largest absolute Gasteiger partial charge is 0.493 e. The van der Waals surface area contributed by atoms with Gasteiger partial charge in [-0.25, -0.2) is 0 Å². The fourth-order valence-electron chi connectivity index (χ4n) is 7.28. The zero-order valence-corrected chi connectivity index (χ0v) is 19.1. The molecule has 0 spiro atoms. The van der Waals surface area contributed by atoms with Crippen LogP contribution in [-0.2, 0) is 6.42 Å². The van der Waals surface area contributed by atoms with Gasteiger partial charge in [0.2, 0.25) is 0 Å². The van der Waals surface area contributed by atoms with Crippen LogP contribution in [0.25, 0.3) is 11.3 Å². The lowest BCUT2D eigenvalue weighted by Gasteiger charge is -2.54. The molecule has 4 atom stereocenters. The third kappa shape index (κ3) is 3.25. The van der Waals surface area contributed by atoms with Crippen molar-refractivity contribution in [1.29, 1.82) is 0 Å². The van der Waals surface area contributed by atoms with Crippen molar-refractivity contribution in [3.63, 3.8) is 0 Å². The average Bonchev–Trinajstić information content (AvgIpc) is 3.53. The first-order valence-corrected chi connectivity index (χ1v) is 12.8. The lowest BCUT2D eigenvalue weighted by atomic mass is 9.68. The van der Waals surface area contributed by atoms with E-state index in [2.05, 4.69) is 32.1 Å². The van der Waals surface area contributed by atoms with Gasteiger partial charge in [-0.1, -0.05) is 18.1 Å². The summed E-state index contributed by atoms with van der Waals surface area (Å²) in [6.45, 7) is 3.97. The molecule has 33 heavy (non-hydrogen) atoms. The standard InChI is InChI=1S/C27H32N4O2/c32-27(23-15-22(28-29-23)17-6-7-25-18(12-17)8-11-33-25)31-10-3-4-19-13-20-14-21(26(19)31)16-30-9-2-1-5-24(20)30/h6-7,12-13,15,20-21,24,26H,1-5,8-11,14,16H2,(H,28,29)/t20-,21+,24-,26-/m1/s1. The topological polar surface area (TPSA) is 61.5 Å². The quantitative estimate of drug-likeness (QED) is 0.710. The van der Waals surface area contributed by atoms with Crippen molar-refractivity contribution in [3.8, 4) is 17.0 Å². The molecule has 5 aliphatic rings. The molecule has 3 saturated heterocycles. The van der Waals surface area contributed by atoms with E-state index >= 15 is 0 Å². The van der Waals surface area contributed by atoms with Crippen LogP contribution >= 0.6 is 0 Å². The van der Waals surface area contributed by atoms with Crippen LogP contribution in [0.15, 0.2) is 35.9 Å². The van der Waals surface area contributed by atoms with E-state index in [1.54, 1.807) is 0 Å². The highest BCUT2D eigenvalue weighted by Gasteiger charge is 2.47. The molecule has 5 heterocycles. The van der Waals surface area contributed by atoms with Crippen molar-refractivity contribution >= 4 is 5.91 Å². The summed E-state index contributed by atoms with van der Waals surface area (Å²) in [6, 6.07) is 9.13. The number of carbonyl (C=O) groups excluding carboxylic acids is 1. The highest BCUT2D eigenvalue weighted by molar-refractivity contribution is 5.94. The second-order valence-electron chi connectivity index (χ2n) is 10.6. The lowest BCUT2D eigenvalue weighted by molar-refractivity contribution is 0.00131. The molecule has 1 aliphatic carbocycles. The van der Waals surface area contributed by atoms with Gasteiger partial charge in [0, 0.05) is 31.1 Å². The van der Waals surface area contributed by atoms with Crippen molar-refractivity contribution < 1.29 is 9.53 Å².